The van der Waals surface area contributed by atoms with E-state index in [1.165, 1.54) is 12.8 Å². The summed E-state index contributed by atoms with van der Waals surface area (Å²) in [6.07, 6.45) is 19.0. The van der Waals surface area contributed by atoms with Crippen molar-refractivity contribution in [1.82, 2.24) is 4.90 Å². The smallest absolute Gasteiger partial charge is 0.351 e. The molecule has 1 aliphatic heterocycles. The summed E-state index contributed by atoms with van der Waals surface area (Å²) >= 11 is 0. The first-order valence-corrected chi connectivity index (χ1v) is 20.8. The largest absolute Gasteiger partial charge is 0.466 e. The summed E-state index contributed by atoms with van der Waals surface area (Å²) in [5, 5.41) is 0. The van der Waals surface area contributed by atoms with Gasteiger partial charge in [-0.1, -0.05) is 59.3 Å². The molecule has 0 aliphatic carbocycles. The Kier molecular flexibility index (Phi) is 28.9. The van der Waals surface area contributed by atoms with Gasteiger partial charge in [0.15, 0.2) is 0 Å². The van der Waals surface area contributed by atoms with Crippen LogP contribution in [0.5, 0.6) is 0 Å². The van der Waals surface area contributed by atoms with Gasteiger partial charge in [-0.3, -0.25) is 19.2 Å². The third kappa shape index (κ3) is 24.5. The van der Waals surface area contributed by atoms with Crippen molar-refractivity contribution < 1.29 is 47.7 Å². The highest BCUT2D eigenvalue weighted by Crippen LogP contribution is 2.26. The van der Waals surface area contributed by atoms with Gasteiger partial charge in [-0.15, -0.1) is 0 Å². The van der Waals surface area contributed by atoms with Crippen molar-refractivity contribution in [3.05, 3.63) is 0 Å². The maximum Gasteiger partial charge on any atom is 0.351 e. The lowest BCUT2D eigenvalue weighted by Gasteiger charge is -2.29. The summed E-state index contributed by atoms with van der Waals surface area (Å²) in [5.74, 6) is -2.15. The van der Waals surface area contributed by atoms with Crippen LogP contribution in [0.3, 0.4) is 0 Å². The molecule has 0 bridgehead atoms. The van der Waals surface area contributed by atoms with Gasteiger partial charge in [0, 0.05) is 19.3 Å². The van der Waals surface area contributed by atoms with Gasteiger partial charge in [0.05, 0.1) is 32.8 Å². The number of nitrogens with zero attached hydrogens (tertiary/aromatic N) is 1. The first-order chi connectivity index (χ1) is 25.3. The number of unbranched alkanes of at least 4 members (excludes halogenated alkanes) is 13. The van der Waals surface area contributed by atoms with Crippen LogP contribution in [-0.4, -0.2) is 86.4 Å². The Hall–Kier alpha value is -2.69. The molecule has 1 atom stereocenters. The highest BCUT2D eigenvalue weighted by atomic mass is 16.6. The molecular weight excluding hydrogens is 666 g/mol. The zero-order chi connectivity index (χ0) is 38.1. The van der Waals surface area contributed by atoms with E-state index in [9.17, 15) is 24.0 Å². The Morgan fingerprint density at radius 2 is 0.904 bits per heavy atom. The molecule has 11 nitrogen and oxygen atoms in total. The molecule has 302 valence electrons. The maximum absolute atomic E-state index is 13.4. The number of carbonyl (C=O) groups is 5. The quantitative estimate of drug-likeness (QED) is 0.0357. The molecule has 1 aliphatic rings. The van der Waals surface area contributed by atoms with E-state index < -0.39 is 29.9 Å². The molecule has 0 aromatic carbocycles. The van der Waals surface area contributed by atoms with E-state index in [1.807, 2.05) is 0 Å². The van der Waals surface area contributed by atoms with Crippen molar-refractivity contribution in [1.29, 1.82) is 0 Å². The van der Waals surface area contributed by atoms with Crippen LogP contribution in [0.4, 0.5) is 0 Å². The Labute approximate surface area is 314 Å². The van der Waals surface area contributed by atoms with Gasteiger partial charge in [0.25, 0.3) is 0 Å². The fourth-order valence-electron chi connectivity index (χ4n) is 6.16. The van der Waals surface area contributed by atoms with Gasteiger partial charge in [-0.05, 0) is 116 Å². The second-order valence-corrected chi connectivity index (χ2v) is 14.3. The summed E-state index contributed by atoms with van der Waals surface area (Å²) < 4.78 is 27.4. The Bertz CT molecular complexity index is 967. The lowest BCUT2D eigenvalue weighted by Crippen LogP contribution is -2.46. The normalized spacial score (nSPS) is 14.1. The molecule has 1 saturated heterocycles. The van der Waals surface area contributed by atoms with E-state index in [1.54, 1.807) is 6.92 Å². The first-order valence-electron chi connectivity index (χ1n) is 20.8. The van der Waals surface area contributed by atoms with Crippen molar-refractivity contribution in [2.45, 2.75) is 187 Å². The SMILES string of the molecule is CCCCCCC(=O)OCCCCCCOC(=O)CC(CC)(OC(=O)CCCCN1CCCC1)C(=O)OCCCCCCOC(=O)CCCCCC. The van der Waals surface area contributed by atoms with Gasteiger partial charge in [0.1, 0.15) is 0 Å². The van der Waals surface area contributed by atoms with Crippen molar-refractivity contribution in [2.24, 2.45) is 0 Å². The highest BCUT2D eigenvalue weighted by Gasteiger charge is 2.45. The van der Waals surface area contributed by atoms with Crippen LogP contribution in [0.2, 0.25) is 0 Å². The number of rotatable bonds is 34. The maximum atomic E-state index is 13.4. The third-order valence-electron chi connectivity index (χ3n) is 9.55. The summed E-state index contributed by atoms with van der Waals surface area (Å²) in [7, 11) is 0. The fourth-order valence-corrected chi connectivity index (χ4v) is 6.16. The minimum absolute atomic E-state index is 0.0849. The number of esters is 5. The van der Waals surface area contributed by atoms with Crippen LogP contribution in [0, 0.1) is 0 Å². The van der Waals surface area contributed by atoms with Gasteiger partial charge in [-0.25, -0.2) is 4.79 Å². The number of ether oxygens (including phenoxy) is 5. The summed E-state index contributed by atoms with van der Waals surface area (Å²) in [5.41, 5.74) is -1.74. The second-order valence-electron chi connectivity index (χ2n) is 14.3. The molecule has 0 radical (unpaired) electrons. The summed E-state index contributed by atoms with van der Waals surface area (Å²) in [6, 6.07) is 0. The molecule has 0 aromatic rings. The molecule has 0 amide bonds. The molecule has 0 spiro atoms. The molecule has 0 saturated carbocycles. The summed E-state index contributed by atoms with van der Waals surface area (Å²) in [4.78, 5) is 65.3. The molecule has 0 aromatic heterocycles. The predicted molar refractivity (Wildman–Crippen MR) is 202 cm³/mol. The van der Waals surface area contributed by atoms with E-state index >= 15 is 0 Å². The van der Waals surface area contributed by atoms with Crippen molar-refractivity contribution in [3.63, 3.8) is 0 Å². The lowest BCUT2D eigenvalue weighted by molar-refractivity contribution is -0.188. The number of carbonyl (C=O) groups excluding carboxylic acids is 5. The molecule has 1 rings (SSSR count). The molecule has 1 heterocycles. The monoisotopic (exact) mass is 740 g/mol. The van der Waals surface area contributed by atoms with Crippen LogP contribution < -0.4 is 0 Å². The van der Waals surface area contributed by atoms with Crippen LogP contribution in [0.15, 0.2) is 0 Å². The Morgan fingerprint density at radius 1 is 0.481 bits per heavy atom. The van der Waals surface area contributed by atoms with E-state index in [2.05, 4.69) is 18.7 Å². The van der Waals surface area contributed by atoms with Gasteiger partial charge < -0.3 is 28.6 Å². The highest BCUT2D eigenvalue weighted by molar-refractivity contribution is 5.88. The van der Waals surface area contributed by atoms with E-state index in [0.29, 0.717) is 45.3 Å². The second kappa shape index (κ2) is 31.8. The van der Waals surface area contributed by atoms with Gasteiger partial charge in [-0.2, -0.15) is 0 Å². The number of likely N-dealkylation sites (tertiary alicyclic amines) is 1. The van der Waals surface area contributed by atoms with Gasteiger partial charge >= 0.3 is 29.8 Å². The number of hydrogen-bond acceptors (Lipinski definition) is 11. The Balaban J connectivity index is 2.46. The van der Waals surface area contributed by atoms with Crippen molar-refractivity contribution >= 4 is 29.8 Å². The van der Waals surface area contributed by atoms with Crippen LogP contribution in [-0.2, 0) is 47.7 Å². The molecular formula is C41H73NO10. The molecule has 52 heavy (non-hydrogen) atoms. The van der Waals surface area contributed by atoms with Gasteiger partial charge in [0.2, 0.25) is 5.60 Å². The van der Waals surface area contributed by atoms with E-state index in [-0.39, 0.29) is 38.0 Å². The van der Waals surface area contributed by atoms with Crippen molar-refractivity contribution in [2.75, 3.05) is 46.1 Å². The minimum atomic E-state index is -1.74. The van der Waals surface area contributed by atoms with Crippen LogP contribution in [0.25, 0.3) is 0 Å². The van der Waals surface area contributed by atoms with E-state index in [4.69, 9.17) is 23.7 Å². The zero-order valence-corrected chi connectivity index (χ0v) is 33.2. The first kappa shape index (κ1) is 47.3. The fraction of sp³-hybridized carbons (Fsp3) is 0.878. The average Bonchev–Trinajstić information content (AvgIpc) is 3.66. The third-order valence-corrected chi connectivity index (χ3v) is 9.55. The van der Waals surface area contributed by atoms with Crippen LogP contribution in [0.1, 0.15) is 181 Å². The zero-order valence-electron chi connectivity index (χ0n) is 33.2. The minimum Gasteiger partial charge on any atom is -0.466 e. The summed E-state index contributed by atoms with van der Waals surface area (Å²) in [6.45, 7) is 10.2. The topological polar surface area (TPSA) is 135 Å². The standard InChI is InChI=1S/C41H73NO10/c1-4-7-9-15-25-36(43)48-31-21-11-12-23-33-50-39(46)35-41(6-3,52-38(45)27-17-18-28-42-29-19-20-30-42)40(47)51-34-24-14-13-22-32-49-37(44)26-16-10-8-5-2/h4-35H2,1-3H3. The Morgan fingerprint density at radius 3 is 1.38 bits per heavy atom. The van der Waals surface area contributed by atoms with Crippen LogP contribution >= 0.6 is 0 Å². The average molecular weight is 740 g/mol. The predicted octanol–water partition coefficient (Wildman–Crippen LogP) is 8.57. The molecule has 11 heteroatoms. The molecule has 0 N–H and O–H groups in total. The molecule has 1 fully saturated rings. The lowest BCUT2D eigenvalue weighted by atomic mass is 9.96. The molecule has 1 unspecified atom stereocenters. The van der Waals surface area contributed by atoms with Crippen molar-refractivity contribution in [3.8, 4) is 0 Å². The van der Waals surface area contributed by atoms with E-state index in [0.717, 1.165) is 116 Å². The number of hydrogen-bond donors (Lipinski definition) is 0.